The number of nitrogens with two attached hydrogens (primary N) is 1. The minimum Gasteiger partial charge on any atom is -0.467 e. The second-order valence-electron chi connectivity index (χ2n) is 14.6. The van der Waals surface area contributed by atoms with Crippen LogP contribution < -0.4 is 15.8 Å². The van der Waals surface area contributed by atoms with Crippen molar-refractivity contribution in [1.82, 2.24) is 24.7 Å². The monoisotopic (exact) mass is 804 g/mol. The van der Waals surface area contributed by atoms with Crippen LogP contribution in [0.4, 0.5) is 42.0 Å². The lowest BCUT2D eigenvalue weighted by Gasteiger charge is -2.40. The number of urea groups is 1. The molecular formula is C38H42F6N8O3S. The summed E-state index contributed by atoms with van der Waals surface area (Å²) in [7, 11) is 2.95. The number of halogens is 6. The molecule has 18 heteroatoms. The van der Waals surface area contributed by atoms with Gasteiger partial charge in [-0.1, -0.05) is 6.07 Å². The number of nitrogens with one attached hydrogen (secondary N) is 1. The molecule has 3 N–H and O–H groups in total. The fourth-order valence-electron chi connectivity index (χ4n) is 7.70. The Labute approximate surface area is 323 Å². The highest BCUT2D eigenvalue weighted by atomic mass is 32.1. The van der Waals surface area contributed by atoms with Crippen LogP contribution in [0.15, 0.2) is 18.2 Å². The number of hydrogen-bond acceptors (Lipinski definition) is 10. The van der Waals surface area contributed by atoms with Crippen LogP contribution in [-0.4, -0.2) is 109 Å². The zero-order valence-corrected chi connectivity index (χ0v) is 31.7. The maximum absolute atomic E-state index is 16.0. The number of aromatic nitrogens is 2. The number of rotatable bonds is 5. The van der Waals surface area contributed by atoms with E-state index in [2.05, 4.69) is 20.2 Å². The van der Waals surface area contributed by atoms with Crippen molar-refractivity contribution in [2.45, 2.75) is 75.5 Å². The Balaban J connectivity index is 0.000000176. The molecule has 5 fully saturated rings. The number of methoxy groups -OCH3 is 2. The molecule has 1 saturated carbocycles. The van der Waals surface area contributed by atoms with E-state index < -0.39 is 40.6 Å². The zero-order chi connectivity index (χ0) is 39.9. The number of ether oxygens (including phenoxy) is 2. The normalized spacial score (nSPS) is 20.9. The van der Waals surface area contributed by atoms with Crippen molar-refractivity contribution in [3.63, 3.8) is 0 Å². The molecule has 2 aromatic heterocycles. The Kier molecular flexibility index (Phi) is 11.4. The quantitative estimate of drug-likeness (QED) is 0.196. The van der Waals surface area contributed by atoms with Crippen molar-refractivity contribution in [2.75, 3.05) is 64.5 Å². The lowest BCUT2D eigenvalue weighted by atomic mass is 9.92. The van der Waals surface area contributed by atoms with E-state index in [1.165, 1.54) is 20.0 Å². The average Bonchev–Trinajstić information content (AvgIpc) is 3.49. The summed E-state index contributed by atoms with van der Waals surface area (Å²) in [5.41, 5.74) is 2.69. The smallest absolute Gasteiger partial charge is 0.417 e. The standard InChI is InChI=1S/C22H14F5N5OS.C9H16N2O2.C7H12FN/c1-33-21-31-17-10(20(32-21)30-8-2-3-8)6-12(22(25,26)27)15(16(17)24)9-4-5-13(23)18-14(9)11(7-28)19(29)34-18;1-13-8-6-11(7-8)9(12)10-4-2-3-5-10;8-6-4-7-2-1-3-9(7)5-6/h4-6,8H,2-3,29H2,1H3,(H,30,31,32);8H,2-7H2,1H3;6-7H,1-5H2. The third-order valence-electron chi connectivity index (χ3n) is 10.8. The second-order valence-corrected chi connectivity index (χ2v) is 15.7. The molecule has 0 bridgehead atoms. The van der Waals surface area contributed by atoms with Crippen LogP contribution in [0.1, 0.15) is 56.1 Å². The van der Waals surface area contributed by atoms with Crippen molar-refractivity contribution in [3.05, 3.63) is 41.0 Å². The van der Waals surface area contributed by atoms with Crippen LogP contribution in [0.3, 0.4) is 0 Å². The largest absolute Gasteiger partial charge is 0.467 e. The third-order valence-corrected chi connectivity index (χ3v) is 11.8. The highest BCUT2D eigenvalue weighted by Crippen LogP contribution is 2.48. The first-order valence-corrected chi connectivity index (χ1v) is 19.4. The minimum absolute atomic E-state index is 0.00331. The maximum Gasteiger partial charge on any atom is 0.417 e. The van der Waals surface area contributed by atoms with Gasteiger partial charge in [-0.2, -0.15) is 28.4 Å². The van der Waals surface area contributed by atoms with E-state index in [9.17, 15) is 32.0 Å². The summed E-state index contributed by atoms with van der Waals surface area (Å²) in [5.74, 6) is -2.07. The molecular weight excluding hydrogens is 763 g/mol. The van der Waals surface area contributed by atoms with Crippen molar-refractivity contribution >= 4 is 49.2 Å². The number of alkyl halides is 4. The van der Waals surface area contributed by atoms with E-state index in [4.69, 9.17) is 15.2 Å². The van der Waals surface area contributed by atoms with Gasteiger partial charge in [0.05, 0.1) is 42.1 Å². The number of fused-ring (bicyclic) bond motifs is 3. The molecule has 11 nitrogen and oxygen atoms in total. The van der Waals surface area contributed by atoms with Crippen LogP contribution in [0, 0.1) is 23.0 Å². The molecule has 0 radical (unpaired) electrons. The molecule has 2 atom stereocenters. The van der Waals surface area contributed by atoms with Gasteiger partial charge in [-0.3, -0.25) is 4.90 Å². The predicted octanol–water partition coefficient (Wildman–Crippen LogP) is 7.57. The van der Waals surface area contributed by atoms with Gasteiger partial charge in [0.25, 0.3) is 0 Å². The SMILES string of the molecule is COC1CN(C(=O)N2CCCC2)C1.COc1nc(NC2CC2)c2cc(C(F)(F)F)c(-c3ccc(F)c4sc(N)c(C#N)c34)c(F)c2n1.FC1CC2CCCN2C1. The number of likely N-dealkylation sites (tertiary alicyclic amines) is 2. The van der Waals surface area contributed by atoms with Gasteiger partial charge in [0.1, 0.15) is 34.4 Å². The molecule has 5 aliphatic rings. The van der Waals surface area contributed by atoms with E-state index in [1.54, 1.807) is 13.2 Å². The Morgan fingerprint density at radius 2 is 1.77 bits per heavy atom. The summed E-state index contributed by atoms with van der Waals surface area (Å²) in [4.78, 5) is 25.8. The minimum atomic E-state index is -4.99. The van der Waals surface area contributed by atoms with Crippen molar-refractivity contribution in [3.8, 4) is 23.2 Å². The van der Waals surface area contributed by atoms with Crippen molar-refractivity contribution in [2.24, 2.45) is 0 Å². The first-order valence-electron chi connectivity index (χ1n) is 18.6. The van der Waals surface area contributed by atoms with E-state index >= 15 is 4.39 Å². The summed E-state index contributed by atoms with van der Waals surface area (Å²) in [6.45, 7) is 5.27. The fraction of sp³-hybridized carbons (Fsp3) is 0.526. The van der Waals surface area contributed by atoms with Gasteiger partial charge in [-0.15, -0.1) is 11.3 Å². The van der Waals surface area contributed by atoms with Gasteiger partial charge in [-0.05, 0) is 69.2 Å². The van der Waals surface area contributed by atoms with E-state index in [0.717, 1.165) is 83.0 Å². The fourth-order valence-corrected chi connectivity index (χ4v) is 8.65. The average molecular weight is 805 g/mol. The van der Waals surface area contributed by atoms with Crippen LogP contribution >= 0.6 is 11.3 Å². The number of thiophene rings is 1. The van der Waals surface area contributed by atoms with Gasteiger partial charge in [-0.25, -0.2) is 18.0 Å². The molecule has 4 saturated heterocycles. The van der Waals surface area contributed by atoms with Gasteiger partial charge in [0.15, 0.2) is 5.82 Å². The van der Waals surface area contributed by atoms with Crippen LogP contribution in [0.5, 0.6) is 6.01 Å². The first-order chi connectivity index (χ1) is 26.8. The topological polar surface area (TPSA) is 133 Å². The van der Waals surface area contributed by atoms with Crippen LogP contribution in [-0.2, 0) is 10.9 Å². The first kappa shape index (κ1) is 39.6. The molecule has 9 rings (SSSR count). The Morgan fingerprint density at radius 3 is 2.39 bits per heavy atom. The number of nitrogen functional groups attached to an aromatic ring is 1. The molecule has 2 amide bonds. The van der Waals surface area contributed by atoms with Gasteiger partial charge in [0.2, 0.25) is 0 Å². The Hall–Kier alpha value is -4.60. The number of carbonyl (C=O) groups excluding carboxylic acids is 1. The summed E-state index contributed by atoms with van der Waals surface area (Å²) >= 11 is 0.705. The Bertz CT molecular complexity index is 2130. The number of amides is 2. The number of nitriles is 1. The van der Waals surface area contributed by atoms with Gasteiger partial charge < -0.3 is 30.3 Å². The molecule has 2 unspecified atom stereocenters. The lowest BCUT2D eigenvalue weighted by molar-refractivity contribution is -0.137. The molecule has 2 aromatic carbocycles. The van der Waals surface area contributed by atoms with Crippen molar-refractivity contribution in [1.29, 1.82) is 5.26 Å². The van der Waals surface area contributed by atoms with E-state index in [1.807, 2.05) is 9.80 Å². The van der Waals surface area contributed by atoms with Gasteiger partial charge >= 0.3 is 18.2 Å². The molecule has 1 aliphatic carbocycles. The highest BCUT2D eigenvalue weighted by Gasteiger charge is 2.39. The van der Waals surface area contributed by atoms with Crippen molar-refractivity contribution < 1.29 is 40.6 Å². The zero-order valence-electron chi connectivity index (χ0n) is 30.9. The highest BCUT2D eigenvalue weighted by molar-refractivity contribution is 7.23. The number of anilines is 2. The molecule has 300 valence electrons. The second kappa shape index (κ2) is 16.1. The lowest BCUT2D eigenvalue weighted by Crippen LogP contribution is -2.57. The van der Waals surface area contributed by atoms with E-state index in [0.29, 0.717) is 23.9 Å². The molecule has 4 aliphatic heterocycles. The summed E-state index contributed by atoms with van der Waals surface area (Å²) in [5, 5.41) is 12.1. The molecule has 0 spiro atoms. The number of carbonyl (C=O) groups is 1. The predicted molar refractivity (Wildman–Crippen MR) is 200 cm³/mol. The Morgan fingerprint density at radius 1 is 1.04 bits per heavy atom. The van der Waals surface area contributed by atoms with Gasteiger partial charge in [0, 0.05) is 55.2 Å². The summed E-state index contributed by atoms with van der Waals surface area (Å²) in [6, 6.07) is 5.05. The van der Waals surface area contributed by atoms with E-state index in [-0.39, 0.29) is 61.6 Å². The maximum atomic E-state index is 16.0. The van der Waals surface area contributed by atoms with Crippen LogP contribution in [0.2, 0.25) is 0 Å². The number of benzene rings is 2. The third kappa shape index (κ3) is 7.98. The molecule has 56 heavy (non-hydrogen) atoms. The number of nitrogens with zero attached hydrogens (tertiary/aromatic N) is 6. The molecule has 4 aromatic rings. The summed E-state index contributed by atoms with van der Waals surface area (Å²) in [6.07, 6.45) is 2.01. The summed E-state index contributed by atoms with van der Waals surface area (Å²) < 4.78 is 95.8. The molecule has 6 heterocycles. The van der Waals surface area contributed by atoms with Crippen LogP contribution in [0.25, 0.3) is 32.1 Å². The number of hydrogen-bond donors (Lipinski definition) is 2.